The minimum absolute atomic E-state index is 0.0905. The van der Waals surface area contributed by atoms with Crippen molar-refractivity contribution in [3.05, 3.63) is 16.1 Å². The van der Waals surface area contributed by atoms with E-state index in [0.29, 0.717) is 0 Å². The Morgan fingerprint density at radius 2 is 2.21 bits per heavy atom. The molecule has 19 heavy (non-hydrogen) atoms. The van der Waals surface area contributed by atoms with Crippen molar-refractivity contribution >= 4 is 23.2 Å². The average Bonchev–Trinajstić information content (AvgIpc) is 3.11. The first-order valence-electron chi connectivity index (χ1n) is 6.06. The fourth-order valence-corrected chi connectivity index (χ4v) is 3.07. The smallest absolute Gasteiger partial charge is 0.265 e. The van der Waals surface area contributed by atoms with E-state index in [1.165, 1.54) is 16.2 Å². The molecule has 1 atom stereocenters. The minimum Gasteiger partial charge on any atom is -0.333 e. The lowest BCUT2D eigenvalue weighted by Crippen LogP contribution is -2.48. The van der Waals surface area contributed by atoms with Crippen molar-refractivity contribution in [1.82, 2.24) is 15.4 Å². The van der Waals surface area contributed by atoms with Crippen molar-refractivity contribution in [1.29, 1.82) is 0 Å². The number of thiazole rings is 1. The number of hydrogen-bond donors (Lipinski definition) is 2. The van der Waals surface area contributed by atoms with Crippen molar-refractivity contribution in [2.45, 2.75) is 38.1 Å². The van der Waals surface area contributed by atoms with E-state index < -0.39 is 17.4 Å². The molecule has 0 aromatic carbocycles. The summed E-state index contributed by atoms with van der Waals surface area (Å²) in [5.74, 6) is -0.681. The lowest BCUT2D eigenvalue weighted by Gasteiger charge is -2.27. The zero-order valence-electron chi connectivity index (χ0n) is 11.1. The van der Waals surface area contributed by atoms with Gasteiger partial charge in [-0.1, -0.05) is 0 Å². The average molecular weight is 283 g/mol. The first-order valence-corrected chi connectivity index (χ1v) is 6.88. The van der Waals surface area contributed by atoms with Crippen LogP contribution in [0.3, 0.4) is 0 Å². The third-order valence-electron chi connectivity index (χ3n) is 3.64. The summed E-state index contributed by atoms with van der Waals surface area (Å²) in [6, 6.07) is -0.705. The van der Waals surface area contributed by atoms with Crippen molar-refractivity contribution in [3.8, 4) is 0 Å². The van der Waals surface area contributed by atoms with E-state index in [1.807, 2.05) is 6.92 Å². The van der Waals surface area contributed by atoms with Gasteiger partial charge in [0.1, 0.15) is 6.04 Å². The molecule has 1 fully saturated rings. The molecule has 1 aliphatic carbocycles. The standard InChI is InChI=1S/C12H17N3O3S/c1-7(10(16)14-18)15(3)11(17)12(4-5-12)9-6-13-8(2)19-9/h6-7,18H,4-5H2,1-3H3,(H,14,16)/t7-/m1/s1. The third kappa shape index (κ3) is 2.35. The number of aryl methyl sites for hydroxylation is 1. The molecule has 0 spiro atoms. The van der Waals surface area contributed by atoms with Gasteiger partial charge < -0.3 is 4.90 Å². The Bertz CT molecular complexity index is 510. The Balaban J connectivity index is 2.18. The van der Waals surface area contributed by atoms with Gasteiger partial charge in [0, 0.05) is 18.1 Å². The topological polar surface area (TPSA) is 82.5 Å². The zero-order chi connectivity index (χ0) is 14.2. The predicted octanol–water partition coefficient (Wildman–Crippen LogP) is 0.835. The number of likely N-dealkylation sites (N-methyl/N-ethyl adjacent to an activating group) is 1. The van der Waals surface area contributed by atoms with Crippen molar-refractivity contribution in [2.75, 3.05) is 7.05 Å². The highest BCUT2D eigenvalue weighted by Gasteiger charge is 2.54. The molecule has 0 bridgehead atoms. The van der Waals surface area contributed by atoms with Crippen molar-refractivity contribution < 1.29 is 14.8 Å². The lowest BCUT2D eigenvalue weighted by atomic mass is 10.0. The molecule has 6 nitrogen and oxygen atoms in total. The van der Waals surface area contributed by atoms with Crippen LogP contribution in [-0.4, -0.2) is 40.0 Å². The molecule has 2 N–H and O–H groups in total. The maximum atomic E-state index is 12.5. The fraction of sp³-hybridized carbons (Fsp3) is 0.583. The Kier molecular flexibility index (Phi) is 3.60. The molecule has 0 saturated heterocycles. The number of amides is 2. The van der Waals surface area contributed by atoms with Gasteiger partial charge in [0.05, 0.1) is 10.4 Å². The van der Waals surface area contributed by atoms with Gasteiger partial charge in [-0.05, 0) is 26.7 Å². The number of rotatable bonds is 4. The second kappa shape index (κ2) is 4.90. The number of nitrogens with zero attached hydrogens (tertiary/aromatic N) is 2. The molecule has 1 aromatic heterocycles. The number of aromatic nitrogens is 1. The van der Waals surface area contributed by atoms with Gasteiger partial charge in [-0.2, -0.15) is 0 Å². The molecular weight excluding hydrogens is 266 g/mol. The van der Waals surface area contributed by atoms with E-state index in [2.05, 4.69) is 4.98 Å². The van der Waals surface area contributed by atoms with Crippen LogP contribution in [0.4, 0.5) is 0 Å². The van der Waals surface area contributed by atoms with Crippen LogP contribution in [0.5, 0.6) is 0 Å². The number of carbonyl (C=O) groups excluding carboxylic acids is 2. The van der Waals surface area contributed by atoms with Crippen LogP contribution in [-0.2, 0) is 15.0 Å². The quantitative estimate of drug-likeness (QED) is 0.633. The number of hydroxylamine groups is 1. The van der Waals surface area contributed by atoms with Crippen LogP contribution in [0, 0.1) is 6.92 Å². The summed E-state index contributed by atoms with van der Waals surface area (Å²) >= 11 is 1.52. The molecular formula is C12H17N3O3S. The number of hydrogen-bond acceptors (Lipinski definition) is 5. The van der Waals surface area contributed by atoms with Gasteiger partial charge in [-0.3, -0.25) is 14.8 Å². The summed E-state index contributed by atoms with van der Waals surface area (Å²) < 4.78 is 0. The van der Waals surface area contributed by atoms with E-state index in [4.69, 9.17) is 5.21 Å². The lowest BCUT2D eigenvalue weighted by molar-refractivity contribution is -0.143. The van der Waals surface area contributed by atoms with Crippen LogP contribution in [0.1, 0.15) is 29.7 Å². The third-order valence-corrected chi connectivity index (χ3v) is 4.76. The fourth-order valence-electron chi connectivity index (χ4n) is 2.06. The van der Waals surface area contributed by atoms with Gasteiger partial charge in [0.2, 0.25) is 5.91 Å². The van der Waals surface area contributed by atoms with Crippen LogP contribution in [0.15, 0.2) is 6.20 Å². The normalized spacial score (nSPS) is 17.7. The second-order valence-electron chi connectivity index (χ2n) is 4.89. The van der Waals surface area contributed by atoms with Crippen LogP contribution < -0.4 is 5.48 Å². The number of nitrogens with one attached hydrogen (secondary N) is 1. The molecule has 0 aliphatic heterocycles. The van der Waals surface area contributed by atoms with E-state index >= 15 is 0 Å². The van der Waals surface area contributed by atoms with Gasteiger partial charge in [-0.15, -0.1) is 11.3 Å². The zero-order valence-corrected chi connectivity index (χ0v) is 12.0. The van der Waals surface area contributed by atoms with Crippen LogP contribution in [0.2, 0.25) is 0 Å². The van der Waals surface area contributed by atoms with E-state index in [1.54, 1.807) is 25.6 Å². The Labute approximate surface area is 115 Å². The van der Waals surface area contributed by atoms with E-state index in [0.717, 1.165) is 22.7 Å². The van der Waals surface area contributed by atoms with Crippen molar-refractivity contribution in [2.24, 2.45) is 0 Å². The van der Waals surface area contributed by atoms with Crippen molar-refractivity contribution in [3.63, 3.8) is 0 Å². The molecule has 1 aromatic rings. The molecule has 1 aliphatic rings. The summed E-state index contributed by atoms with van der Waals surface area (Å²) in [5.41, 5.74) is 1.06. The SMILES string of the molecule is Cc1ncc(C2(C(=O)N(C)[C@H](C)C(=O)NO)CC2)s1. The molecule has 2 rings (SSSR count). The summed E-state index contributed by atoms with van der Waals surface area (Å²) in [7, 11) is 1.58. The molecule has 104 valence electrons. The van der Waals surface area contributed by atoms with Crippen LogP contribution >= 0.6 is 11.3 Å². The first kappa shape index (κ1) is 14.0. The maximum absolute atomic E-state index is 12.5. The summed E-state index contributed by atoms with van der Waals surface area (Å²) in [4.78, 5) is 30.5. The summed E-state index contributed by atoms with van der Waals surface area (Å²) in [6.45, 7) is 3.48. The van der Waals surface area contributed by atoms with Gasteiger partial charge in [0.15, 0.2) is 0 Å². The highest BCUT2D eigenvalue weighted by Crippen LogP contribution is 2.51. The highest BCUT2D eigenvalue weighted by molar-refractivity contribution is 7.11. The molecule has 7 heteroatoms. The predicted molar refractivity (Wildman–Crippen MR) is 69.9 cm³/mol. The van der Waals surface area contributed by atoms with Crippen LogP contribution in [0.25, 0.3) is 0 Å². The Hall–Kier alpha value is -1.47. The monoisotopic (exact) mass is 283 g/mol. The molecule has 1 saturated carbocycles. The minimum atomic E-state index is -0.705. The largest absolute Gasteiger partial charge is 0.333 e. The molecule has 0 unspecified atom stereocenters. The highest BCUT2D eigenvalue weighted by atomic mass is 32.1. The molecule has 2 amide bonds. The van der Waals surface area contributed by atoms with Gasteiger partial charge in [0.25, 0.3) is 5.91 Å². The Morgan fingerprint density at radius 3 is 2.63 bits per heavy atom. The second-order valence-corrected chi connectivity index (χ2v) is 6.13. The molecule has 0 radical (unpaired) electrons. The number of carbonyl (C=O) groups is 2. The van der Waals surface area contributed by atoms with Gasteiger partial charge in [-0.25, -0.2) is 10.5 Å². The summed E-state index contributed by atoms with van der Waals surface area (Å²) in [5, 5.41) is 9.56. The summed E-state index contributed by atoms with van der Waals surface area (Å²) in [6.07, 6.45) is 3.31. The molecule has 1 heterocycles. The van der Waals surface area contributed by atoms with Gasteiger partial charge >= 0.3 is 0 Å². The van der Waals surface area contributed by atoms with E-state index in [-0.39, 0.29) is 5.91 Å². The van der Waals surface area contributed by atoms with E-state index in [9.17, 15) is 9.59 Å². The Morgan fingerprint density at radius 1 is 1.58 bits per heavy atom. The maximum Gasteiger partial charge on any atom is 0.265 e. The first-order chi connectivity index (χ1) is 8.92.